The third kappa shape index (κ3) is 4.68. The van der Waals surface area contributed by atoms with Crippen molar-refractivity contribution in [2.75, 3.05) is 22.1 Å². The number of anilines is 6. The lowest BCUT2D eigenvalue weighted by Gasteiger charge is -2.20. The first-order valence-corrected chi connectivity index (χ1v) is 10.8. The van der Waals surface area contributed by atoms with Gasteiger partial charge in [-0.1, -0.05) is 0 Å². The van der Waals surface area contributed by atoms with Crippen LogP contribution in [0.4, 0.5) is 34.1 Å². The highest BCUT2D eigenvalue weighted by molar-refractivity contribution is 6.26. The molecule has 0 unspecified atom stereocenters. The molecule has 12 heteroatoms. The van der Waals surface area contributed by atoms with Crippen LogP contribution in [0, 0.1) is 0 Å². The average Bonchev–Trinajstić information content (AvgIpc) is 2.85. The summed E-state index contributed by atoms with van der Waals surface area (Å²) in [6, 6.07) is 14.0. The summed E-state index contributed by atoms with van der Waals surface area (Å²) >= 11 is 0. The number of carboxylic acid groups (broad SMARTS) is 4. The van der Waals surface area contributed by atoms with Gasteiger partial charge in [0.15, 0.2) is 0 Å². The second kappa shape index (κ2) is 9.70. The van der Waals surface area contributed by atoms with E-state index in [1.54, 1.807) is 0 Å². The molecule has 4 aromatic rings. The monoisotopic (exact) mass is 516 g/mol. The lowest BCUT2D eigenvalue weighted by atomic mass is 9.89. The molecular formula is C26H20N4O8. The third-order valence-electron chi connectivity index (χ3n) is 5.67. The quantitative estimate of drug-likeness (QED) is 0.154. The Bertz CT molecular complexity index is 1510. The van der Waals surface area contributed by atoms with Gasteiger partial charge < -0.3 is 42.5 Å². The molecule has 192 valence electrons. The van der Waals surface area contributed by atoms with E-state index >= 15 is 0 Å². The van der Waals surface area contributed by atoms with Gasteiger partial charge in [-0.15, -0.1) is 0 Å². The molecule has 0 aromatic heterocycles. The van der Waals surface area contributed by atoms with Gasteiger partial charge in [0.05, 0.1) is 33.6 Å². The maximum Gasteiger partial charge on any atom is 0.338 e. The standard InChI is InChI=1S/C26H20N4O8/c27-11-1-5-13(6-2-11)29-17-9-15(23(31)32)20-19(21(17)25(35)36)16(24(33)34)10-18(22(20)26(37)38)30-14-7-3-12(28)4-8-14/h1-10,29-30H,27-28H2,(H,31,32)(H,33,34)(H,35,36)(H,37,38). The van der Waals surface area contributed by atoms with Gasteiger partial charge >= 0.3 is 23.9 Å². The van der Waals surface area contributed by atoms with Crippen LogP contribution in [0.5, 0.6) is 0 Å². The van der Waals surface area contributed by atoms with Gasteiger partial charge in [-0.25, -0.2) is 19.2 Å². The summed E-state index contributed by atoms with van der Waals surface area (Å²) in [5.41, 5.74) is 9.84. The van der Waals surface area contributed by atoms with Gasteiger partial charge in [-0.3, -0.25) is 0 Å². The normalized spacial score (nSPS) is 10.6. The predicted octanol–water partition coefficient (Wildman–Crippen LogP) is 4.28. The van der Waals surface area contributed by atoms with Gasteiger partial charge in [0, 0.05) is 33.5 Å². The number of hydrogen-bond donors (Lipinski definition) is 8. The van der Waals surface area contributed by atoms with E-state index in [-0.39, 0.29) is 11.4 Å². The van der Waals surface area contributed by atoms with E-state index in [1.165, 1.54) is 48.5 Å². The van der Waals surface area contributed by atoms with E-state index in [2.05, 4.69) is 10.6 Å². The summed E-state index contributed by atoms with van der Waals surface area (Å²) in [5, 5.41) is 44.7. The minimum atomic E-state index is -1.61. The number of nitrogens with two attached hydrogens (primary N) is 2. The minimum absolute atomic E-state index is 0.259. The number of aromatic carboxylic acids is 4. The highest BCUT2D eigenvalue weighted by Crippen LogP contribution is 2.40. The molecule has 0 amide bonds. The van der Waals surface area contributed by atoms with Crippen molar-refractivity contribution in [2.45, 2.75) is 0 Å². The molecule has 38 heavy (non-hydrogen) atoms. The fraction of sp³-hybridized carbons (Fsp3) is 0. The predicted molar refractivity (Wildman–Crippen MR) is 140 cm³/mol. The first kappa shape index (κ1) is 25.3. The summed E-state index contributed by atoms with van der Waals surface area (Å²) < 4.78 is 0. The molecule has 0 fully saturated rings. The van der Waals surface area contributed by atoms with E-state index in [1.807, 2.05) is 0 Å². The van der Waals surface area contributed by atoms with E-state index in [0.717, 1.165) is 12.1 Å². The maximum atomic E-state index is 12.4. The van der Waals surface area contributed by atoms with Crippen LogP contribution in [-0.2, 0) is 0 Å². The molecule has 12 nitrogen and oxygen atoms in total. The maximum absolute atomic E-state index is 12.4. The van der Waals surface area contributed by atoms with Gasteiger partial charge in [-0.2, -0.15) is 0 Å². The van der Waals surface area contributed by atoms with E-state index in [0.29, 0.717) is 22.7 Å². The molecule has 0 radical (unpaired) electrons. The minimum Gasteiger partial charge on any atom is -0.478 e. The van der Waals surface area contributed by atoms with Crippen molar-refractivity contribution in [3.05, 3.63) is 82.9 Å². The zero-order valence-corrected chi connectivity index (χ0v) is 19.4. The summed E-state index contributed by atoms with van der Waals surface area (Å²) in [6.07, 6.45) is 0. The summed E-state index contributed by atoms with van der Waals surface area (Å²) in [5.74, 6) is -6.42. The topological polar surface area (TPSA) is 225 Å². The zero-order valence-electron chi connectivity index (χ0n) is 19.4. The van der Waals surface area contributed by atoms with Crippen molar-refractivity contribution in [2.24, 2.45) is 0 Å². The Hall–Kier alpha value is -5.78. The van der Waals surface area contributed by atoms with Crippen molar-refractivity contribution in [3.8, 4) is 0 Å². The van der Waals surface area contributed by atoms with E-state index in [4.69, 9.17) is 11.5 Å². The second-order valence-corrected chi connectivity index (χ2v) is 8.16. The second-order valence-electron chi connectivity index (χ2n) is 8.16. The van der Waals surface area contributed by atoms with Crippen LogP contribution in [-0.4, -0.2) is 44.3 Å². The van der Waals surface area contributed by atoms with Crippen LogP contribution in [0.3, 0.4) is 0 Å². The van der Waals surface area contributed by atoms with Gasteiger partial charge in [0.25, 0.3) is 0 Å². The van der Waals surface area contributed by atoms with Crippen LogP contribution in [0.15, 0.2) is 60.7 Å². The summed E-state index contributed by atoms with van der Waals surface area (Å²) in [4.78, 5) is 49.6. The van der Waals surface area contributed by atoms with Crippen molar-refractivity contribution in [1.29, 1.82) is 0 Å². The molecule has 0 heterocycles. The van der Waals surface area contributed by atoms with Crippen molar-refractivity contribution >= 4 is 68.8 Å². The van der Waals surface area contributed by atoms with Gasteiger partial charge in [-0.05, 0) is 60.7 Å². The Morgan fingerprint density at radius 1 is 0.526 bits per heavy atom. The number of rotatable bonds is 8. The third-order valence-corrected chi connectivity index (χ3v) is 5.67. The average molecular weight is 516 g/mol. The van der Waals surface area contributed by atoms with Crippen LogP contribution >= 0.6 is 0 Å². The molecule has 0 aliphatic carbocycles. The summed E-state index contributed by atoms with van der Waals surface area (Å²) in [6.45, 7) is 0. The molecule has 10 N–H and O–H groups in total. The number of fused-ring (bicyclic) bond motifs is 1. The number of hydrogen-bond acceptors (Lipinski definition) is 8. The molecular weight excluding hydrogens is 496 g/mol. The molecule has 4 rings (SSSR count). The first-order chi connectivity index (χ1) is 18.0. The molecule has 0 atom stereocenters. The van der Waals surface area contributed by atoms with Gasteiger partial charge in [0.1, 0.15) is 0 Å². The highest BCUT2D eigenvalue weighted by Gasteiger charge is 2.31. The van der Waals surface area contributed by atoms with Crippen molar-refractivity contribution in [3.63, 3.8) is 0 Å². The Labute approximate surface area is 213 Å². The van der Waals surface area contributed by atoms with Crippen LogP contribution in [0.2, 0.25) is 0 Å². The highest BCUT2D eigenvalue weighted by atomic mass is 16.4. The van der Waals surface area contributed by atoms with Crippen molar-refractivity contribution in [1.82, 2.24) is 0 Å². The van der Waals surface area contributed by atoms with Crippen LogP contribution in [0.25, 0.3) is 10.8 Å². The number of carboxylic acids is 4. The number of benzene rings is 4. The molecule has 0 aliphatic rings. The number of nitrogen functional groups attached to an aromatic ring is 2. The van der Waals surface area contributed by atoms with E-state index in [9.17, 15) is 39.6 Å². The zero-order chi connectivity index (χ0) is 27.7. The molecule has 0 saturated heterocycles. The van der Waals surface area contributed by atoms with Gasteiger partial charge in [0.2, 0.25) is 0 Å². The Morgan fingerprint density at radius 3 is 1.11 bits per heavy atom. The first-order valence-electron chi connectivity index (χ1n) is 10.8. The van der Waals surface area contributed by atoms with Crippen LogP contribution in [0.1, 0.15) is 41.4 Å². The number of nitrogens with one attached hydrogen (secondary N) is 2. The lowest BCUT2D eigenvalue weighted by molar-refractivity contribution is 0.0676. The summed E-state index contributed by atoms with van der Waals surface area (Å²) in [7, 11) is 0. The SMILES string of the molecule is Nc1ccc(Nc2cc(C(=O)O)c3c(C(=O)O)c(Nc4ccc(N)cc4)cc(C(=O)O)c3c2C(=O)O)cc1. The Morgan fingerprint density at radius 2 is 0.842 bits per heavy atom. The molecule has 4 aromatic carbocycles. The lowest BCUT2D eigenvalue weighted by Crippen LogP contribution is -2.15. The van der Waals surface area contributed by atoms with Crippen LogP contribution < -0.4 is 22.1 Å². The molecule has 0 bridgehead atoms. The molecule has 0 aliphatic heterocycles. The fourth-order valence-electron chi connectivity index (χ4n) is 4.06. The largest absolute Gasteiger partial charge is 0.478 e. The number of carbonyl (C=O) groups is 4. The van der Waals surface area contributed by atoms with Crippen molar-refractivity contribution < 1.29 is 39.6 Å². The molecule has 0 saturated carbocycles. The smallest absolute Gasteiger partial charge is 0.338 e. The Balaban J connectivity index is 2.13. The van der Waals surface area contributed by atoms with E-state index < -0.39 is 56.9 Å². The fourth-order valence-corrected chi connectivity index (χ4v) is 4.06. The Kier molecular flexibility index (Phi) is 6.46. The molecule has 0 spiro atoms.